The smallest absolute Gasteiger partial charge is 0.225 e. The van der Waals surface area contributed by atoms with Gasteiger partial charge in [0.1, 0.15) is 0 Å². The van der Waals surface area contributed by atoms with Crippen LogP contribution in [0.25, 0.3) is 0 Å². The standard InChI is InChI=1S/C20H38N2O2/c1-19(2,3)22-13-9-17(10-14-22)18(23)21-11-7-16(8-12-21)15-24-20(4,5)6/h16-17H,7-15H2,1-6H3. The van der Waals surface area contributed by atoms with Crippen molar-refractivity contribution in [2.45, 2.75) is 78.4 Å². The Morgan fingerprint density at radius 3 is 1.92 bits per heavy atom. The fraction of sp³-hybridized carbons (Fsp3) is 0.950. The molecule has 0 spiro atoms. The van der Waals surface area contributed by atoms with Crippen molar-refractivity contribution in [1.82, 2.24) is 9.80 Å². The maximum Gasteiger partial charge on any atom is 0.225 e. The SMILES string of the molecule is CC(C)(C)OCC1CCN(C(=O)C2CCN(C(C)(C)C)CC2)CC1. The van der Waals surface area contributed by atoms with E-state index in [-0.39, 0.29) is 17.1 Å². The molecule has 0 bridgehead atoms. The summed E-state index contributed by atoms with van der Waals surface area (Å²) >= 11 is 0. The van der Waals surface area contributed by atoms with Crippen molar-refractivity contribution in [2.75, 3.05) is 32.8 Å². The summed E-state index contributed by atoms with van der Waals surface area (Å²) in [7, 11) is 0. The number of piperidine rings is 2. The maximum atomic E-state index is 12.8. The van der Waals surface area contributed by atoms with E-state index in [4.69, 9.17) is 4.74 Å². The Morgan fingerprint density at radius 1 is 0.917 bits per heavy atom. The van der Waals surface area contributed by atoms with Crippen LogP contribution in [-0.2, 0) is 9.53 Å². The van der Waals surface area contributed by atoms with Crippen LogP contribution in [0.1, 0.15) is 67.2 Å². The summed E-state index contributed by atoms with van der Waals surface area (Å²) in [6.07, 6.45) is 4.21. The van der Waals surface area contributed by atoms with Crippen molar-refractivity contribution in [2.24, 2.45) is 11.8 Å². The molecule has 2 saturated heterocycles. The van der Waals surface area contributed by atoms with Crippen molar-refractivity contribution >= 4 is 5.91 Å². The molecule has 0 saturated carbocycles. The minimum Gasteiger partial charge on any atom is -0.376 e. The first kappa shape index (κ1) is 19.7. The number of carbonyl (C=O) groups excluding carboxylic acids is 1. The molecular weight excluding hydrogens is 300 g/mol. The zero-order valence-electron chi connectivity index (χ0n) is 16.7. The van der Waals surface area contributed by atoms with Crippen molar-refractivity contribution in [3.8, 4) is 0 Å². The molecule has 2 heterocycles. The third-order valence-corrected chi connectivity index (χ3v) is 5.47. The van der Waals surface area contributed by atoms with Crippen LogP contribution in [0.5, 0.6) is 0 Å². The summed E-state index contributed by atoms with van der Waals surface area (Å²) < 4.78 is 5.92. The molecule has 0 aromatic carbocycles. The molecule has 0 aliphatic carbocycles. The van der Waals surface area contributed by atoms with Crippen LogP contribution in [0.4, 0.5) is 0 Å². The van der Waals surface area contributed by atoms with E-state index >= 15 is 0 Å². The van der Waals surface area contributed by atoms with Gasteiger partial charge in [0.25, 0.3) is 0 Å². The average molecular weight is 339 g/mol. The third-order valence-electron chi connectivity index (χ3n) is 5.47. The predicted octanol–water partition coefficient (Wildman–Crippen LogP) is 3.55. The van der Waals surface area contributed by atoms with Crippen molar-refractivity contribution in [1.29, 1.82) is 0 Å². The van der Waals surface area contributed by atoms with Crippen molar-refractivity contribution in [3.63, 3.8) is 0 Å². The lowest BCUT2D eigenvalue weighted by Crippen LogP contribution is -2.50. The first-order chi connectivity index (χ1) is 11.1. The Bertz CT molecular complexity index is 406. The molecule has 0 atom stereocenters. The van der Waals surface area contributed by atoms with E-state index in [2.05, 4.69) is 51.3 Å². The van der Waals surface area contributed by atoms with E-state index in [0.29, 0.717) is 11.8 Å². The quantitative estimate of drug-likeness (QED) is 0.789. The van der Waals surface area contributed by atoms with Gasteiger partial charge < -0.3 is 9.64 Å². The number of hydrogen-bond donors (Lipinski definition) is 0. The number of hydrogen-bond acceptors (Lipinski definition) is 3. The molecule has 2 aliphatic rings. The second kappa shape index (κ2) is 7.74. The monoisotopic (exact) mass is 338 g/mol. The van der Waals surface area contributed by atoms with Gasteiger partial charge in [0.15, 0.2) is 0 Å². The van der Waals surface area contributed by atoms with Gasteiger partial charge >= 0.3 is 0 Å². The van der Waals surface area contributed by atoms with Crippen LogP contribution < -0.4 is 0 Å². The fourth-order valence-corrected chi connectivity index (χ4v) is 3.74. The molecule has 2 aliphatic heterocycles. The van der Waals surface area contributed by atoms with Gasteiger partial charge in [0.05, 0.1) is 12.2 Å². The van der Waals surface area contributed by atoms with Gasteiger partial charge in [-0.15, -0.1) is 0 Å². The largest absolute Gasteiger partial charge is 0.376 e. The molecule has 140 valence electrons. The minimum atomic E-state index is -0.0615. The molecule has 0 unspecified atom stereocenters. The lowest BCUT2D eigenvalue weighted by atomic mass is 9.90. The molecule has 1 amide bonds. The van der Waals surface area contributed by atoms with Crippen LogP contribution in [0.15, 0.2) is 0 Å². The lowest BCUT2D eigenvalue weighted by molar-refractivity contribution is -0.139. The van der Waals surface area contributed by atoms with Crippen molar-refractivity contribution in [3.05, 3.63) is 0 Å². The highest BCUT2D eigenvalue weighted by Gasteiger charge is 2.33. The van der Waals surface area contributed by atoms with Gasteiger partial charge in [-0.05, 0) is 86.2 Å². The van der Waals surface area contributed by atoms with Crippen LogP contribution in [0.2, 0.25) is 0 Å². The summed E-state index contributed by atoms with van der Waals surface area (Å²) in [5.74, 6) is 1.25. The molecule has 0 radical (unpaired) electrons. The molecule has 0 N–H and O–H groups in total. The number of rotatable bonds is 3. The fourth-order valence-electron chi connectivity index (χ4n) is 3.74. The Labute approximate surface area is 148 Å². The Hall–Kier alpha value is -0.610. The molecular formula is C20H38N2O2. The predicted molar refractivity (Wildman–Crippen MR) is 99.1 cm³/mol. The first-order valence-corrected chi connectivity index (χ1v) is 9.74. The molecule has 24 heavy (non-hydrogen) atoms. The summed E-state index contributed by atoms with van der Waals surface area (Å²) in [5, 5.41) is 0. The molecule has 2 rings (SSSR count). The Kier molecular flexibility index (Phi) is 6.35. The summed E-state index contributed by atoms with van der Waals surface area (Å²) in [4.78, 5) is 17.4. The average Bonchev–Trinajstić information content (AvgIpc) is 2.51. The van der Waals surface area contributed by atoms with Crippen LogP contribution >= 0.6 is 0 Å². The summed E-state index contributed by atoms with van der Waals surface area (Å²) in [6, 6.07) is 0. The van der Waals surface area contributed by atoms with E-state index < -0.39 is 0 Å². The lowest BCUT2D eigenvalue weighted by Gasteiger charge is -2.42. The van der Waals surface area contributed by atoms with E-state index in [9.17, 15) is 4.79 Å². The number of likely N-dealkylation sites (tertiary alicyclic amines) is 2. The molecule has 4 nitrogen and oxygen atoms in total. The third kappa shape index (κ3) is 5.73. The van der Waals surface area contributed by atoms with E-state index in [1.807, 2.05) is 0 Å². The van der Waals surface area contributed by atoms with E-state index in [0.717, 1.165) is 58.5 Å². The number of nitrogens with zero attached hydrogens (tertiary/aromatic N) is 2. The van der Waals surface area contributed by atoms with Gasteiger partial charge in [-0.25, -0.2) is 0 Å². The minimum absolute atomic E-state index is 0.0615. The van der Waals surface area contributed by atoms with E-state index in [1.54, 1.807) is 0 Å². The van der Waals surface area contributed by atoms with Crippen LogP contribution in [0.3, 0.4) is 0 Å². The van der Waals surface area contributed by atoms with E-state index in [1.165, 1.54) is 0 Å². The zero-order valence-corrected chi connectivity index (χ0v) is 16.7. The zero-order chi connectivity index (χ0) is 18.0. The summed E-state index contributed by atoms with van der Waals surface area (Å²) in [5.41, 5.74) is 0.160. The number of carbonyl (C=O) groups is 1. The van der Waals surface area contributed by atoms with Crippen LogP contribution in [0, 0.1) is 11.8 Å². The normalized spacial score (nSPS) is 22.8. The van der Waals surface area contributed by atoms with Gasteiger partial charge in [0, 0.05) is 24.5 Å². The Balaban J connectivity index is 1.74. The maximum absolute atomic E-state index is 12.8. The number of ether oxygens (including phenoxy) is 1. The highest BCUT2D eigenvalue weighted by Crippen LogP contribution is 2.27. The first-order valence-electron chi connectivity index (χ1n) is 9.74. The summed E-state index contributed by atoms with van der Waals surface area (Å²) in [6.45, 7) is 17.9. The van der Waals surface area contributed by atoms with Gasteiger partial charge in [-0.2, -0.15) is 0 Å². The molecule has 0 aromatic rings. The second-order valence-electron chi connectivity index (χ2n) is 9.62. The van der Waals surface area contributed by atoms with Gasteiger partial charge in [-0.3, -0.25) is 9.69 Å². The van der Waals surface area contributed by atoms with Crippen LogP contribution in [-0.4, -0.2) is 59.6 Å². The molecule has 0 aromatic heterocycles. The highest BCUT2D eigenvalue weighted by molar-refractivity contribution is 5.79. The topological polar surface area (TPSA) is 32.8 Å². The highest BCUT2D eigenvalue weighted by atomic mass is 16.5. The Morgan fingerprint density at radius 2 is 1.46 bits per heavy atom. The number of amides is 1. The van der Waals surface area contributed by atoms with Gasteiger partial charge in [-0.1, -0.05) is 0 Å². The van der Waals surface area contributed by atoms with Gasteiger partial charge in [0.2, 0.25) is 5.91 Å². The van der Waals surface area contributed by atoms with Crippen molar-refractivity contribution < 1.29 is 9.53 Å². The molecule has 4 heteroatoms. The molecule has 2 fully saturated rings. The second-order valence-corrected chi connectivity index (χ2v) is 9.62.